The molecular formula is C7H15ClN2O. The van der Waals surface area contributed by atoms with Gasteiger partial charge < -0.3 is 10.6 Å². The van der Waals surface area contributed by atoms with E-state index in [-0.39, 0.29) is 18.3 Å². The van der Waals surface area contributed by atoms with E-state index in [2.05, 4.69) is 4.90 Å². The van der Waals surface area contributed by atoms with Gasteiger partial charge in [-0.3, -0.25) is 4.79 Å². The van der Waals surface area contributed by atoms with Crippen LogP contribution < -0.4 is 5.73 Å². The largest absolute Gasteiger partial charge is 0.370 e. The Morgan fingerprint density at radius 3 is 2.36 bits per heavy atom. The number of likely N-dealkylation sites (tertiary alicyclic amines) is 1. The first-order chi connectivity index (χ1) is 4.79. The number of nitrogens with zero attached hydrogens (tertiary/aromatic N) is 1. The molecule has 11 heavy (non-hydrogen) atoms. The Hall–Kier alpha value is -0.280. The summed E-state index contributed by atoms with van der Waals surface area (Å²) in [5.41, 5.74) is 5.00. The number of nitrogens with two attached hydrogens (primary N) is 1. The van der Waals surface area contributed by atoms with Crippen molar-refractivity contribution in [2.24, 2.45) is 5.73 Å². The smallest absolute Gasteiger partial charge is 0.218 e. The zero-order chi connectivity index (χ0) is 7.40. The van der Waals surface area contributed by atoms with Crippen LogP contribution in [0.2, 0.25) is 0 Å². The van der Waals surface area contributed by atoms with E-state index in [9.17, 15) is 4.79 Å². The summed E-state index contributed by atoms with van der Waals surface area (Å²) >= 11 is 0. The second kappa shape index (κ2) is 5.38. The summed E-state index contributed by atoms with van der Waals surface area (Å²) in [5.74, 6) is -0.188. The van der Waals surface area contributed by atoms with Crippen LogP contribution in [-0.4, -0.2) is 30.4 Å². The predicted octanol–water partition coefficient (Wildman–Crippen LogP) is 0.379. The fourth-order valence-electron chi connectivity index (χ4n) is 1.27. The summed E-state index contributed by atoms with van der Waals surface area (Å²) in [6.45, 7) is 3.15. The second-order valence-electron chi connectivity index (χ2n) is 2.77. The van der Waals surface area contributed by atoms with Crippen molar-refractivity contribution in [2.45, 2.75) is 19.3 Å². The first-order valence-electron chi connectivity index (χ1n) is 3.80. The van der Waals surface area contributed by atoms with Gasteiger partial charge >= 0.3 is 0 Å². The molecule has 0 bridgehead atoms. The standard InChI is InChI=1S/C7H14N2O.ClH/c8-7(10)3-6-9-4-1-2-5-9;/h1-6H2,(H2,8,10);1H. The summed E-state index contributed by atoms with van der Waals surface area (Å²) in [5, 5.41) is 0. The van der Waals surface area contributed by atoms with E-state index >= 15 is 0 Å². The number of rotatable bonds is 3. The highest BCUT2D eigenvalue weighted by atomic mass is 35.5. The molecule has 0 aliphatic carbocycles. The minimum absolute atomic E-state index is 0. The first kappa shape index (κ1) is 10.7. The average molecular weight is 179 g/mol. The van der Waals surface area contributed by atoms with Crippen LogP contribution in [0.4, 0.5) is 0 Å². The Bertz CT molecular complexity index is 124. The van der Waals surface area contributed by atoms with E-state index < -0.39 is 0 Å². The van der Waals surface area contributed by atoms with Gasteiger partial charge in [-0.1, -0.05) is 0 Å². The third kappa shape index (κ3) is 4.22. The normalized spacial score (nSPS) is 17.8. The van der Waals surface area contributed by atoms with Crippen molar-refractivity contribution in [3.05, 3.63) is 0 Å². The Morgan fingerprint density at radius 1 is 1.36 bits per heavy atom. The van der Waals surface area contributed by atoms with Crippen LogP contribution in [0.15, 0.2) is 0 Å². The molecule has 1 aliphatic rings. The number of carbonyl (C=O) groups excluding carboxylic acids is 1. The molecule has 0 saturated carbocycles. The van der Waals surface area contributed by atoms with E-state index in [0.29, 0.717) is 6.42 Å². The maximum absolute atomic E-state index is 10.4. The van der Waals surface area contributed by atoms with E-state index in [1.165, 1.54) is 12.8 Å². The zero-order valence-electron chi connectivity index (χ0n) is 6.58. The summed E-state index contributed by atoms with van der Waals surface area (Å²) in [7, 11) is 0. The predicted molar refractivity (Wildman–Crippen MR) is 46.7 cm³/mol. The number of halogens is 1. The first-order valence-corrected chi connectivity index (χ1v) is 3.80. The Labute approximate surface area is 73.3 Å². The molecule has 1 heterocycles. The molecule has 4 heteroatoms. The van der Waals surface area contributed by atoms with Crippen molar-refractivity contribution < 1.29 is 4.79 Å². The van der Waals surface area contributed by atoms with Crippen LogP contribution in [0.5, 0.6) is 0 Å². The van der Waals surface area contributed by atoms with Gasteiger partial charge in [0, 0.05) is 13.0 Å². The lowest BCUT2D eigenvalue weighted by atomic mass is 10.4. The molecule has 2 N–H and O–H groups in total. The van der Waals surface area contributed by atoms with Crippen molar-refractivity contribution in [1.82, 2.24) is 4.90 Å². The van der Waals surface area contributed by atoms with Gasteiger partial charge in [-0.25, -0.2) is 0 Å². The molecule has 1 saturated heterocycles. The summed E-state index contributed by atoms with van der Waals surface area (Å²) in [4.78, 5) is 12.6. The van der Waals surface area contributed by atoms with Crippen molar-refractivity contribution in [1.29, 1.82) is 0 Å². The topological polar surface area (TPSA) is 46.3 Å². The number of hydrogen-bond acceptors (Lipinski definition) is 2. The maximum Gasteiger partial charge on any atom is 0.218 e. The van der Waals surface area contributed by atoms with Gasteiger partial charge in [-0.2, -0.15) is 0 Å². The van der Waals surface area contributed by atoms with Crippen molar-refractivity contribution in [2.75, 3.05) is 19.6 Å². The van der Waals surface area contributed by atoms with Crippen LogP contribution in [0, 0.1) is 0 Å². The summed E-state index contributed by atoms with van der Waals surface area (Å²) < 4.78 is 0. The molecule has 3 nitrogen and oxygen atoms in total. The van der Waals surface area contributed by atoms with Gasteiger partial charge in [0.2, 0.25) is 5.91 Å². The van der Waals surface area contributed by atoms with E-state index in [4.69, 9.17) is 5.73 Å². The number of primary amides is 1. The zero-order valence-corrected chi connectivity index (χ0v) is 7.40. The highest BCUT2D eigenvalue weighted by Crippen LogP contribution is 2.06. The van der Waals surface area contributed by atoms with E-state index in [1.807, 2.05) is 0 Å². The van der Waals surface area contributed by atoms with Crippen molar-refractivity contribution in [3.8, 4) is 0 Å². The lowest BCUT2D eigenvalue weighted by Gasteiger charge is -2.11. The molecule has 1 aliphatic heterocycles. The fourth-order valence-corrected chi connectivity index (χ4v) is 1.27. The Balaban J connectivity index is 0.000001000. The second-order valence-corrected chi connectivity index (χ2v) is 2.77. The monoisotopic (exact) mass is 178 g/mol. The minimum atomic E-state index is -0.188. The van der Waals surface area contributed by atoms with Crippen LogP contribution in [0.1, 0.15) is 19.3 Å². The third-order valence-electron chi connectivity index (χ3n) is 1.87. The highest BCUT2D eigenvalue weighted by Gasteiger charge is 2.10. The lowest BCUT2D eigenvalue weighted by Crippen LogP contribution is -2.25. The Morgan fingerprint density at radius 2 is 1.91 bits per heavy atom. The summed E-state index contributed by atoms with van der Waals surface area (Å²) in [6.07, 6.45) is 3.07. The number of amides is 1. The molecule has 0 atom stereocenters. The average Bonchev–Trinajstić information content (AvgIpc) is 2.34. The van der Waals surface area contributed by atoms with Gasteiger partial charge in [0.1, 0.15) is 0 Å². The molecule has 1 amide bonds. The quantitative estimate of drug-likeness (QED) is 0.679. The molecule has 66 valence electrons. The maximum atomic E-state index is 10.4. The van der Waals surface area contributed by atoms with E-state index in [1.54, 1.807) is 0 Å². The molecule has 1 rings (SSSR count). The molecule has 0 aromatic rings. The SMILES string of the molecule is Cl.NC(=O)CCN1CCCC1. The van der Waals surface area contributed by atoms with Gasteiger partial charge in [-0.05, 0) is 25.9 Å². The van der Waals surface area contributed by atoms with Gasteiger partial charge in [-0.15, -0.1) is 12.4 Å². The fraction of sp³-hybridized carbons (Fsp3) is 0.857. The highest BCUT2D eigenvalue weighted by molar-refractivity contribution is 5.85. The number of hydrogen-bond donors (Lipinski definition) is 1. The van der Waals surface area contributed by atoms with Gasteiger partial charge in [0.15, 0.2) is 0 Å². The number of carbonyl (C=O) groups is 1. The van der Waals surface area contributed by atoms with Gasteiger partial charge in [0.05, 0.1) is 0 Å². The molecule has 0 unspecified atom stereocenters. The summed E-state index contributed by atoms with van der Waals surface area (Å²) in [6, 6.07) is 0. The van der Waals surface area contributed by atoms with Crippen LogP contribution in [0.3, 0.4) is 0 Å². The third-order valence-corrected chi connectivity index (χ3v) is 1.87. The van der Waals surface area contributed by atoms with Crippen LogP contribution in [-0.2, 0) is 4.79 Å². The van der Waals surface area contributed by atoms with Crippen LogP contribution >= 0.6 is 12.4 Å². The molecular weight excluding hydrogens is 164 g/mol. The van der Waals surface area contributed by atoms with Gasteiger partial charge in [0.25, 0.3) is 0 Å². The molecule has 0 radical (unpaired) electrons. The molecule has 0 aromatic carbocycles. The molecule has 0 spiro atoms. The van der Waals surface area contributed by atoms with E-state index in [0.717, 1.165) is 19.6 Å². The lowest BCUT2D eigenvalue weighted by molar-refractivity contribution is -0.118. The molecule has 0 aromatic heterocycles. The molecule has 1 fully saturated rings. The van der Waals surface area contributed by atoms with Crippen molar-refractivity contribution in [3.63, 3.8) is 0 Å². The van der Waals surface area contributed by atoms with Crippen molar-refractivity contribution >= 4 is 18.3 Å². The minimum Gasteiger partial charge on any atom is -0.370 e. The Kier molecular flexibility index (Phi) is 5.24. The van der Waals surface area contributed by atoms with Crippen LogP contribution in [0.25, 0.3) is 0 Å².